The number of aryl methyl sites for hydroxylation is 2. The van der Waals surface area contributed by atoms with Crippen molar-refractivity contribution < 1.29 is 9.59 Å². The maximum atomic E-state index is 12.4. The molecule has 1 aliphatic rings. The second-order valence-corrected chi connectivity index (χ2v) is 7.17. The molecule has 0 spiro atoms. The molecule has 0 radical (unpaired) electrons. The number of carbonyl (C=O) groups excluding carboxylic acids is 2. The summed E-state index contributed by atoms with van der Waals surface area (Å²) in [6.07, 6.45) is 0.594. The van der Waals surface area contributed by atoms with Crippen molar-refractivity contribution in [1.82, 2.24) is 0 Å². The summed E-state index contributed by atoms with van der Waals surface area (Å²) < 4.78 is 0.903. The Morgan fingerprint density at radius 3 is 2.42 bits per heavy atom. The summed E-state index contributed by atoms with van der Waals surface area (Å²) in [5, 5.41) is 5.81. The van der Waals surface area contributed by atoms with Crippen LogP contribution in [0.5, 0.6) is 0 Å². The third-order valence-corrected chi connectivity index (χ3v) is 4.70. The fourth-order valence-electron chi connectivity index (χ4n) is 2.67. The maximum absolute atomic E-state index is 12.4. The Kier molecular flexibility index (Phi) is 4.71. The summed E-state index contributed by atoms with van der Waals surface area (Å²) >= 11 is 3.37. The Hall–Kier alpha value is -2.14. The van der Waals surface area contributed by atoms with E-state index in [2.05, 4.69) is 26.6 Å². The van der Waals surface area contributed by atoms with E-state index in [1.54, 1.807) is 0 Å². The van der Waals surface area contributed by atoms with Crippen LogP contribution < -0.4 is 10.6 Å². The quantitative estimate of drug-likeness (QED) is 0.823. The van der Waals surface area contributed by atoms with Gasteiger partial charge in [0.1, 0.15) is 0 Å². The van der Waals surface area contributed by atoms with Crippen LogP contribution in [-0.2, 0) is 9.59 Å². The van der Waals surface area contributed by atoms with Gasteiger partial charge in [-0.1, -0.05) is 34.1 Å². The third kappa shape index (κ3) is 3.85. The second-order valence-electron chi connectivity index (χ2n) is 6.26. The number of anilines is 2. The Labute approximate surface area is 149 Å². The van der Waals surface area contributed by atoms with Crippen LogP contribution in [0.2, 0.25) is 0 Å². The van der Waals surface area contributed by atoms with Gasteiger partial charge in [0.15, 0.2) is 0 Å². The van der Waals surface area contributed by atoms with Gasteiger partial charge in [-0.15, -0.1) is 0 Å². The highest BCUT2D eigenvalue weighted by atomic mass is 79.9. The van der Waals surface area contributed by atoms with Crippen LogP contribution in [0.1, 0.15) is 17.5 Å². The van der Waals surface area contributed by atoms with Crippen LogP contribution in [0.25, 0.3) is 0 Å². The van der Waals surface area contributed by atoms with Crippen molar-refractivity contribution >= 4 is 39.1 Å². The van der Waals surface area contributed by atoms with Crippen molar-refractivity contribution in [3.63, 3.8) is 0 Å². The molecule has 0 heterocycles. The van der Waals surface area contributed by atoms with Gasteiger partial charge < -0.3 is 10.6 Å². The predicted molar refractivity (Wildman–Crippen MR) is 98.9 cm³/mol. The fourth-order valence-corrected chi connectivity index (χ4v) is 3.07. The standard InChI is InChI=1S/C19H19BrN2O2/c1-11-6-7-12(2)17(8-11)22-19(24)16-10-15(16)18(23)21-14-5-3-4-13(20)9-14/h3-9,15-16H,10H2,1-2H3,(H,21,23)(H,22,24). The van der Waals surface area contributed by atoms with Gasteiger partial charge in [-0.2, -0.15) is 0 Å². The van der Waals surface area contributed by atoms with Gasteiger partial charge in [-0.05, 0) is 55.7 Å². The van der Waals surface area contributed by atoms with E-state index < -0.39 is 0 Å². The average Bonchev–Trinajstić information content (AvgIpc) is 3.32. The Bertz CT molecular complexity index is 804. The molecule has 1 fully saturated rings. The number of carbonyl (C=O) groups is 2. The number of halogens is 1. The molecule has 2 aromatic rings. The van der Waals surface area contributed by atoms with Gasteiger partial charge in [-0.3, -0.25) is 9.59 Å². The van der Waals surface area contributed by atoms with E-state index in [0.717, 1.165) is 27.0 Å². The van der Waals surface area contributed by atoms with Crippen LogP contribution in [0.3, 0.4) is 0 Å². The average molecular weight is 387 g/mol. The summed E-state index contributed by atoms with van der Waals surface area (Å²) in [5.74, 6) is -0.696. The summed E-state index contributed by atoms with van der Waals surface area (Å²) in [5.41, 5.74) is 3.66. The number of benzene rings is 2. The van der Waals surface area contributed by atoms with E-state index in [4.69, 9.17) is 0 Å². The lowest BCUT2D eigenvalue weighted by Gasteiger charge is -2.09. The minimum absolute atomic E-state index is 0.0851. The summed E-state index contributed by atoms with van der Waals surface area (Å²) in [4.78, 5) is 24.6. The van der Waals surface area contributed by atoms with Gasteiger partial charge in [-0.25, -0.2) is 0 Å². The van der Waals surface area contributed by atoms with E-state index in [9.17, 15) is 9.59 Å². The first-order valence-corrected chi connectivity index (χ1v) is 8.68. The Morgan fingerprint density at radius 2 is 1.71 bits per heavy atom. The molecule has 2 unspecified atom stereocenters. The number of amides is 2. The molecule has 2 N–H and O–H groups in total. The summed E-state index contributed by atoms with van der Waals surface area (Å²) in [6, 6.07) is 13.4. The van der Waals surface area contributed by atoms with E-state index >= 15 is 0 Å². The molecule has 1 saturated carbocycles. The van der Waals surface area contributed by atoms with E-state index in [0.29, 0.717) is 6.42 Å². The zero-order valence-corrected chi connectivity index (χ0v) is 15.2. The topological polar surface area (TPSA) is 58.2 Å². The number of hydrogen-bond acceptors (Lipinski definition) is 2. The lowest BCUT2D eigenvalue weighted by atomic mass is 10.1. The Balaban J connectivity index is 1.59. The van der Waals surface area contributed by atoms with Crippen molar-refractivity contribution in [2.24, 2.45) is 11.8 Å². The molecule has 2 amide bonds. The van der Waals surface area contributed by atoms with Crippen molar-refractivity contribution in [3.8, 4) is 0 Å². The van der Waals surface area contributed by atoms with Gasteiger partial charge in [0.05, 0.1) is 11.8 Å². The van der Waals surface area contributed by atoms with Crippen LogP contribution >= 0.6 is 15.9 Å². The van der Waals surface area contributed by atoms with Crippen molar-refractivity contribution in [3.05, 3.63) is 58.1 Å². The smallest absolute Gasteiger partial charge is 0.228 e. The number of nitrogens with one attached hydrogen (secondary N) is 2. The molecule has 2 atom stereocenters. The maximum Gasteiger partial charge on any atom is 0.228 e. The molecule has 24 heavy (non-hydrogen) atoms. The van der Waals surface area contributed by atoms with Gasteiger partial charge in [0.25, 0.3) is 0 Å². The first kappa shape index (κ1) is 16.7. The summed E-state index contributed by atoms with van der Waals surface area (Å²) in [7, 11) is 0. The largest absolute Gasteiger partial charge is 0.326 e. The minimum atomic E-state index is -0.255. The normalized spacial score (nSPS) is 18.8. The first-order valence-electron chi connectivity index (χ1n) is 7.88. The molecule has 0 saturated heterocycles. The molecule has 0 aromatic heterocycles. The molecular weight excluding hydrogens is 368 g/mol. The lowest BCUT2D eigenvalue weighted by Crippen LogP contribution is -2.21. The van der Waals surface area contributed by atoms with E-state index in [-0.39, 0.29) is 23.7 Å². The SMILES string of the molecule is Cc1ccc(C)c(NC(=O)C2CC2C(=O)Nc2cccc(Br)c2)c1. The van der Waals surface area contributed by atoms with Crippen LogP contribution in [0, 0.1) is 25.7 Å². The lowest BCUT2D eigenvalue weighted by molar-refractivity contribution is -0.122. The molecule has 4 nitrogen and oxygen atoms in total. The van der Waals surface area contributed by atoms with Crippen molar-refractivity contribution in [2.75, 3.05) is 10.6 Å². The zero-order valence-electron chi connectivity index (χ0n) is 13.6. The highest BCUT2D eigenvalue weighted by Gasteiger charge is 2.48. The molecule has 2 aromatic carbocycles. The third-order valence-electron chi connectivity index (χ3n) is 4.21. The first-order chi connectivity index (χ1) is 11.4. The molecule has 3 rings (SSSR count). The van der Waals surface area contributed by atoms with E-state index in [1.165, 1.54) is 0 Å². The van der Waals surface area contributed by atoms with Crippen LogP contribution in [0.4, 0.5) is 11.4 Å². The van der Waals surface area contributed by atoms with Gasteiger partial charge in [0.2, 0.25) is 11.8 Å². The molecule has 0 aliphatic heterocycles. The predicted octanol–water partition coefficient (Wildman–Crippen LogP) is 4.28. The molecule has 124 valence electrons. The zero-order chi connectivity index (χ0) is 17.3. The van der Waals surface area contributed by atoms with Gasteiger partial charge in [0, 0.05) is 15.8 Å². The van der Waals surface area contributed by atoms with E-state index in [1.807, 2.05) is 56.3 Å². The number of rotatable bonds is 4. The van der Waals surface area contributed by atoms with Crippen LogP contribution in [0.15, 0.2) is 46.9 Å². The minimum Gasteiger partial charge on any atom is -0.326 e. The van der Waals surface area contributed by atoms with Crippen molar-refractivity contribution in [1.29, 1.82) is 0 Å². The summed E-state index contributed by atoms with van der Waals surface area (Å²) in [6.45, 7) is 3.94. The molecule has 5 heteroatoms. The van der Waals surface area contributed by atoms with Crippen LogP contribution in [-0.4, -0.2) is 11.8 Å². The molecule has 1 aliphatic carbocycles. The highest BCUT2D eigenvalue weighted by molar-refractivity contribution is 9.10. The second kappa shape index (κ2) is 6.77. The molecular formula is C19H19BrN2O2. The Morgan fingerprint density at radius 1 is 1.00 bits per heavy atom. The fraction of sp³-hybridized carbons (Fsp3) is 0.263. The highest BCUT2D eigenvalue weighted by Crippen LogP contribution is 2.40. The molecule has 0 bridgehead atoms. The monoisotopic (exact) mass is 386 g/mol. The number of hydrogen-bond donors (Lipinski definition) is 2. The van der Waals surface area contributed by atoms with Crippen molar-refractivity contribution in [2.45, 2.75) is 20.3 Å². The van der Waals surface area contributed by atoms with Gasteiger partial charge >= 0.3 is 0 Å².